The molecule has 1 N–H and O–H groups in total. The number of allylic oxidation sites excluding steroid dienone is 1. The zero-order chi connectivity index (χ0) is 13.8. The number of phenols is 1. The summed E-state index contributed by atoms with van der Waals surface area (Å²) in [6.07, 6.45) is 2.73. The molecule has 96 valence electrons. The highest BCUT2D eigenvalue weighted by Gasteiger charge is 2.13. The van der Waals surface area contributed by atoms with E-state index in [1.807, 2.05) is 6.07 Å². The Morgan fingerprint density at radius 2 is 1.68 bits per heavy atom. The van der Waals surface area contributed by atoms with Gasteiger partial charge in [0, 0.05) is 6.07 Å². The van der Waals surface area contributed by atoms with E-state index in [1.165, 1.54) is 12.2 Å². The molecular formula is C15H10F2O2. The van der Waals surface area contributed by atoms with Gasteiger partial charge in [-0.2, -0.15) is 0 Å². The van der Waals surface area contributed by atoms with Crippen LogP contribution in [0, 0.1) is 11.6 Å². The van der Waals surface area contributed by atoms with E-state index < -0.39 is 23.2 Å². The van der Waals surface area contributed by atoms with Gasteiger partial charge in [0.05, 0.1) is 5.56 Å². The van der Waals surface area contributed by atoms with E-state index in [9.17, 15) is 18.7 Å². The molecule has 2 rings (SSSR count). The number of benzene rings is 2. The van der Waals surface area contributed by atoms with Crippen LogP contribution in [0.4, 0.5) is 8.78 Å². The topological polar surface area (TPSA) is 37.3 Å². The fourth-order valence-electron chi connectivity index (χ4n) is 1.56. The molecule has 0 atom stereocenters. The van der Waals surface area contributed by atoms with Gasteiger partial charge in [0.1, 0.15) is 5.75 Å². The summed E-state index contributed by atoms with van der Waals surface area (Å²) in [5.41, 5.74) is 0.518. The van der Waals surface area contributed by atoms with Crippen LogP contribution in [0.5, 0.6) is 5.75 Å². The van der Waals surface area contributed by atoms with Crippen molar-refractivity contribution in [3.63, 3.8) is 0 Å². The number of ketones is 1. The lowest BCUT2D eigenvalue weighted by molar-refractivity contribution is 0.104. The van der Waals surface area contributed by atoms with Crippen LogP contribution in [0.2, 0.25) is 0 Å². The van der Waals surface area contributed by atoms with Crippen LogP contribution in [-0.2, 0) is 0 Å². The maximum absolute atomic E-state index is 13.0. The number of carbonyl (C=O) groups is 1. The summed E-state index contributed by atoms with van der Waals surface area (Å²) >= 11 is 0. The van der Waals surface area contributed by atoms with Crippen molar-refractivity contribution in [2.45, 2.75) is 0 Å². The molecule has 0 aliphatic carbocycles. The molecule has 0 unspecified atom stereocenters. The predicted octanol–water partition coefficient (Wildman–Crippen LogP) is 3.57. The quantitative estimate of drug-likeness (QED) is 0.676. The number of halogens is 2. The van der Waals surface area contributed by atoms with Crippen molar-refractivity contribution in [2.75, 3.05) is 0 Å². The molecule has 2 aromatic rings. The molecule has 19 heavy (non-hydrogen) atoms. The van der Waals surface area contributed by atoms with Crippen molar-refractivity contribution in [2.24, 2.45) is 0 Å². The summed E-state index contributed by atoms with van der Waals surface area (Å²) < 4.78 is 25.8. The van der Waals surface area contributed by atoms with Crippen LogP contribution in [0.15, 0.2) is 48.5 Å². The molecule has 0 bridgehead atoms. The van der Waals surface area contributed by atoms with Crippen molar-refractivity contribution in [1.82, 2.24) is 0 Å². The standard InChI is InChI=1S/C15H10F2O2/c16-12-8-11(15(19)9-13(12)17)14(18)7-6-10-4-2-1-3-5-10/h1-9,19H/b7-6+. The molecule has 0 amide bonds. The van der Waals surface area contributed by atoms with E-state index in [1.54, 1.807) is 24.3 Å². The first-order valence-electron chi connectivity index (χ1n) is 5.53. The van der Waals surface area contributed by atoms with Gasteiger partial charge in [-0.05, 0) is 17.7 Å². The van der Waals surface area contributed by atoms with Gasteiger partial charge in [-0.3, -0.25) is 4.79 Å². The Morgan fingerprint density at radius 1 is 1.05 bits per heavy atom. The van der Waals surface area contributed by atoms with Gasteiger partial charge in [-0.25, -0.2) is 8.78 Å². The number of aromatic hydroxyl groups is 1. The van der Waals surface area contributed by atoms with Gasteiger partial charge in [0.15, 0.2) is 17.4 Å². The highest BCUT2D eigenvalue weighted by molar-refractivity contribution is 6.08. The van der Waals surface area contributed by atoms with Gasteiger partial charge in [0.2, 0.25) is 0 Å². The first-order chi connectivity index (χ1) is 9.08. The summed E-state index contributed by atoms with van der Waals surface area (Å²) in [5.74, 6) is -3.54. The highest BCUT2D eigenvalue weighted by Crippen LogP contribution is 2.22. The van der Waals surface area contributed by atoms with Gasteiger partial charge in [-0.1, -0.05) is 36.4 Å². The van der Waals surface area contributed by atoms with Crippen LogP contribution in [0.25, 0.3) is 6.08 Å². The van der Waals surface area contributed by atoms with Gasteiger partial charge in [-0.15, -0.1) is 0 Å². The Morgan fingerprint density at radius 3 is 2.37 bits per heavy atom. The second-order valence-corrected chi connectivity index (χ2v) is 3.89. The summed E-state index contributed by atoms with van der Waals surface area (Å²) in [6.45, 7) is 0. The van der Waals surface area contributed by atoms with Crippen molar-refractivity contribution < 1.29 is 18.7 Å². The zero-order valence-corrected chi connectivity index (χ0v) is 9.81. The van der Waals surface area contributed by atoms with Gasteiger partial charge >= 0.3 is 0 Å². The van der Waals surface area contributed by atoms with Crippen molar-refractivity contribution in [3.8, 4) is 5.75 Å². The fourth-order valence-corrected chi connectivity index (χ4v) is 1.56. The van der Waals surface area contributed by atoms with E-state index in [0.717, 1.165) is 5.56 Å². The molecule has 2 aromatic carbocycles. The number of hydrogen-bond donors (Lipinski definition) is 1. The lowest BCUT2D eigenvalue weighted by atomic mass is 10.1. The minimum absolute atomic E-state index is 0.272. The third kappa shape index (κ3) is 3.04. The Hall–Kier alpha value is -2.49. The lowest BCUT2D eigenvalue weighted by Gasteiger charge is -2.01. The van der Waals surface area contributed by atoms with E-state index in [-0.39, 0.29) is 5.56 Å². The summed E-state index contributed by atoms with van der Waals surface area (Å²) in [4.78, 5) is 11.8. The minimum Gasteiger partial charge on any atom is -0.507 e. The number of carbonyl (C=O) groups excluding carboxylic acids is 1. The lowest BCUT2D eigenvalue weighted by Crippen LogP contribution is -1.98. The molecule has 0 aliphatic rings. The second kappa shape index (κ2) is 5.44. The summed E-state index contributed by atoms with van der Waals surface area (Å²) in [6, 6.07) is 10.3. The van der Waals surface area contributed by atoms with Crippen molar-refractivity contribution in [1.29, 1.82) is 0 Å². The Labute approximate surface area is 108 Å². The van der Waals surface area contributed by atoms with Crippen LogP contribution in [-0.4, -0.2) is 10.9 Å². The second-order valence-electron chi connectivity index (χ2n) is 3.89. The normalized spacial score (nSPS) is 10.8. The molecule has 0 heterocycles. The Kier molecular flexibility index (Phi) is 3.71. The van der Waals surface area contributed by atoms with Crippen LogP contribution in [0.3, 0.4) is 0 Å². The first-order valence-corrected chi connectivity index (χ1v) is 5.53. The SMILES string of the molecule is O=C(/C=C/c1ccccc1)c1cc(F)c(F)cc1O. The van der Waals surface area contributed by atoms with E-state index in [0.29, 0.717) is 12.1 Å². The average Bonchev–Trinajstić information content (AvgIpc) is 2.41. The number of hydrogen-bond acceptors (Lipinski definition) is 2. The maximum atomic E-state index is 13.0. The minimum atomic E-state index is -1.19. The van der Waals surface area contributed by atoms with Crippen LogP contribution < -0.4 is 0 Å². The van der Waals surface area contributed by atoms with Crippen LogP contribution >= 0.6 is 0 Å². The molecule has 0 saturated heterocycles. The molecule has 2 nitrogen and oxygen atoms in total. The number of rotatable bonds is 3. The Bertz CT molecular complexity index is 634. The molecule has 0 saturated carbocycles. The van der Waals surface area contributed by atoms with Crippen molar-refractivity contribution in [3.05, 3.63) is 71.3 Å². The largest absolute Gasteiger partial charge is 0.507 e. The smallest absolute Gasteiger partial charge is 0.189 e. The Balaban J connectivity index is 2.26. The molecular weight excluding hydrogens is 250 g/mol. The summed E-state index contributed by atoms with van der Waals surface area (Å²) in [5, 5.41) is 9.42. The van der Waals surface area contributed by atoms with E-state index in [2.05, 4.69) is 0 Å². The van der Waals surface area contributed by atoms with Crippen LogP contribution in [0.1, 0.15) is 15.9 Å². The van der Waals surface area contributed by atoms with Crippen molar-refractivity contribution >= 4 is 11.9 Å². The van der Waals surface area contributed by atoms with E-state index >= 15 is 0 Å². The highest BCUT2D eigenvalue weighted by atomic mass is 19.2. The molecule has 0 radical (unpaired) electrons. The molecule has 0 spiro atoms. The molecule has 0 aliphatic heterocycles. The monoisotopic (exact) mass is 260 g/mol. The summed E-state index contributed by atoms with van der Waals surface area (Å²) in [7, 11) is 0. The van der Waals surface area contributed by atoms with E-state index in [4.69, 9.17) is 0 Å². The van der Waals surface area contributed by atoms with Gasteiger partial charge < -0.3 is 5.11 Å². The third-order valence-electron chi connectivity index (χ3n) is 2.53. The van der Waals surface area contributed by atoms with Gasteiger partial charge in [0.25, 0.3) is 0 Å². The number of phenolic OH excluding ortho intramolecular Hbond substituents is 1. The molecule has 0 fully saturated rings. The first kappa shape index (κ1) is 13.0. The predicted molar refractivity (Wildman–Crippen MR) is 67.8 cm³/mol. The average molecular weight is 260 g/mol. The third-order valence-corrected chi connectivity index (χ3v) is 2.53. The maximum Gasteiger partial charge on any atom is 0.189 e. The zero-order valence-electron chi connectivity index (χ0n) is 9.81. The molecule has 0 aromatic heterocycles. The molecule has 4 heteroatoms. The fraction of sp³-hybridized carbons (Fsp3) is 0.